The van der Waals surface area contributed by atoms with Crippen molar-refractivity contribution in [1.29, 1.82) is 0 Å². The average Bonchev–Trinajstić information content (AvgIpc) is 3.11. The van der Waals surface area contributed by atoms with E-state index < -0.39 is 0 Å². The molecule has 1 N–H and O–H groups in total. The van der Waals surface area contributed by atoms with Crippen LogP contribution in [0.4, 0.5) is 5.69 Å². The molecule has 3 rings (SSSR count). The summed E-state index contributed by atoms with van der Waals surface area (Å²) in [4.78, 5) is 20.1. The third kappa shape index (κ3) is 4.67. The number of rotatable bonds is 6. The molecule has 0 atom stereocenters. The van der Waals surface area contributed by atoms with Crippen LogP contribution in [0.3, 0.4) is 0 Å². The van der Waals surface area contributed by atoms with Gasteiger partial charge in [0.1, 0.15) is 17.9 Å². The lowest BCUT2D eigenvalue weighted by Gasteiger charge is -2.09. The van der Waals surface area contributed by atoms with Crippen molar-refractivity contribution in [3.63, 3.8) is 0 Å². The van der Waals surface area contributed by atoms with Crippen molar-refractivity contribution in [2.75, 3.05) is 5.32 Å². The standard InChI is InChI=1S/C19H20N4O2/c1-14(2)11-18(24)22-15-5-7-16(8-6-15)25-19-12-17(20-13-21-19)23-9-3-4-10-23/h3-10,12-14H,11H2,1-2H3,(H,22,24). The molecule has 0 bridgehead atoms. The first kappa shape index (κ1) is 16.7. The number of hydrogen-bond acceptors (Lipinski definition) is 4. The fourth-order valence-corrected chi connectivity index (χ4v) is 2.32. The first-order valence-corrected chi connectivity index (χ1v) is 8.13. The molecule has 3 aromatic rings. The molecule has 0 aliphatic rings. The second kappa shape index (κ2) is 7.61. The summed E-state index contributed by atoms with van der Waals surface area (Å²) in [5, 5.41) is 2.87. The molecule has 128 valence electrons. The van der Waals surface area contributed by atoms with Gasteiger partial charge in [-0.15, -0.1) is 0 Å². The fourth-order valence-electron chi connectivity index (χ4n) is 2.32. The van der Waals surface area contributed by atoms with Gasteiger partial charge in [0.15, 0.2) is 0 Å². The van der Waals surface area contributed by atoms with Gasteiger partial charge in [-0.25, -0.2) is 9.97 Å². The van der Waals surface area contributed by atoms with Crippen LogP contribution in [0.1, 0.15) is 20.3 Å². The van der Waals surface area contributed by atoms with Crippen LogP contribution in [0.25, 0.3) is 5.82 Å². The summed E-state index contributed by atoms with van der Waals surface area (Å²) in [7, 11) is 0. The molecule has 2 aromatic heterocycles. The number of carbonyl (C=O) groups excluding carboxylic acids is 1. The number of hydrogen-bond donors (Lipinski definition) is 1. The Morgan fingerprint density at radius 3 is 2.56 bits per heavy atom. The van der Waals surface area contributed by atoms with Crippen LogP contribution in [0.15, 0.2) is 61.2 Å². The Labute approximate surface area is 146 Å². The summed E-state index contributed by atoms with van der Waals surface area (Å²) in [6, 6.07) is 12.8. The summed E-state index contributed by atoms with van der Waals surface area (Å²) in [5.74, 6) is 2.16. The second-order valence-electron chi connectivity index (χ2n) is 6.08. The lowest BCUT2D eigenvalue weighted by molar-refractivity contribution is -0.116. The molecule has 2 heterocycles. The van der Waals surface area contributed by atoms with Gasteiger partial charge in [0, 0.05) is 30.6 Å². The maximum absolute atomic E-state index is 11.8. The Bertz CT molecular complexity index is 827. The van der Waals surface area contributed by atoms with E-state index in [0.29, 0.717) is 24.0 Å². The van der Waals surface area contributed by atoms with Gasteiger partial charge in [0.25, 0.3) is 0 Å². The van der Waals surface area contributed by atoms with Gasteiger partial charge in [0.2, 0.25) is 11.8 Å². The summed E-state index contributed by atoms with van der Waals surface area (Å²) in [5.41, 5.74) is 0.744. The number of anilines is 1. The summed E-state index contributed by atoms with van der Waals surface area (Å²) in [6.45, 7) is 4.03. The molecule has 0 saturated carbocycles. The highest BCUT2D eigenvalue weighted by Crippen LogP contribution is 2.22. The minimum absolute atomic E-state index is 0.0100. The molecular weight excluding hydrogens is 316 g/mol. The van der Waals surface area contributed by atoms with Crippen LogP contribution in [-0.4, -0.2) is 20.4 Å². The number of ether oxygens (including phenoxy) is 1. The quantitative estimate of drug-likeness (QED) is 0.737. The molecule has 1 amide bonds. The molecule has 0 aliphatic carbocycles. The SMILES string of the molecule is CC(C)CC(=O)Nc1ccc(Oc2cc(-n3cccc3)ncn2)cc1. The molecule has 0 unspecified atom stereocenters. The van der Waals surface area contributed by atoms with Crippen LogP contribution in [0.2, 0.25) is 0 Å². The predicted octanol–water partition coefficient (Wildman–Crippen LogP) is 4.04. The van der Waals surface area contributed by atoms with E-state index in [-0.39, 0.29) is 5.91 Å². The minimum atomic E-state index is 0.0100. The Kier molecular flexibility index (Phi) is 5.09. The summed E-state index contributed by atoms with van der Waals surface area (Å²) >= 11 is 0. The molecule has 0 fully saturated rings. The van der Waals surface area contributed by atoms with E-state index in [2.05, 4.69) is 15.3 Å². The Morgan fingerprint density at radius 1 is 1.16 bits per heavy atom. The third-order valence-electron chi connectivity index (χ3n) is 3.45. The van der Waals surface area contributed by atoms with Crippen molar-refractivity contribution in [2.24, 2.45) is 5.92 Å². The van der Waals surface area contributed by atoms with Crippen LogP contribution in [0, 0.1) is 5.92 Å². The normalized spacial score (nSPS) is 10.7. The highest BCUT2D eigenvalue weighted by molar-refractivity contribution is 5.90. The van der Waals surface area contributed by atoms with Gasteiger partial charge >= 0.3 is 0 Å². The minimum Gasteiger partial charge on any atom is -0.439 e. The smallest absolute Gasteiger partial charge is 0.224 e. The zero-order valence-electron chi connectivity index (χ0n) is 14.2. The molecule has 6 nitrogen and oxygen atoms in total. The van der Waals surface area contributed by atoms with Crippen molar-refractivity contribution < 1.29 is 9.53 Å². The maximum atomic E-state index is 11.8. The van der Waals surface area contributed by atoms with E-state index in [1.165, 1.54) is 6.33 Å². The molecule has 6 heteroatoms. The first-order chi connectivity index (χ1) is 12.1. The molecule has 0 aliphatic heterocycles. The number of amides is 1. The van der Waals surface area contributed by atoms with Crippen LogP contribution < -0.4 is 10.1 Å². The predicted molar refractivity (Wildman–Crippen MR) is 96.0 cm³/mol. The van der Waals surface area contributed by atoms with Crippen molar-refractivity contribution in [3.05, 3.63) is 61.2 Å². The summed E-state index contributed by atoms with van der Waals surface area (Å²) in [6.07, 6.45) is 5.77. The van der Waals surface area contributed by atoms with Gasteiger partial charge < -0.3 is 14.6 Å². The van der Waals surface area contributed by atoms with Gasteiger partial charge in [-0.1, -0.05) is 13.8 Å². The van der Waals surface area contributed by atoms with Crippen molar-refractivity contribution in [3.8, 4) is 17.4 Å². The molecule has 0 radical (unpaired) electrons. The van der Waals surface area contributed by atoms with Gasteiger partial charge in [-0.2, -0.15) is 0 Å². The van der Waals surface area contributed by atoms with Crippen LogP contribution >= 0.6 is 0 Å². The van der Waals surface area contributed by atoms with Crippen molar-refractivity contribution >= 4 is 11.6 Å². The highest BCUT2D eigenvalue weighted by Gasteiger charge is 2.06. The highest BCUT2D eigenvalue weighted by atomic mass is 16.5. The van der Waals surface area contributed by atoms with E-state index >= 15 is 0 Å². The van der Waals surface area contributed by atoms with Crippen molar-refractivity contribution in [1.82, 2.24) is 14.5 Å². The summed E-state index contributed by atoms with van der Waals surface area (Å²) < 4.78 is 7.64. The van der Waals surface area contributed by atoms with E-state index in [0.717, 1.165) is 11.5 Å². The lowest BCUT2D eigenvalue weighted by Crippen LogP contribution is -2.13. The third-order valence-corrected chi connectivity index (χ3v) is 3.45. The molecule has 25 heavy (non-hydrogen) atoms. The molecule has 0 saturated heterocycles. The van der Waals surface area contributed by atoms with E-state index in [1.807, 2.05) is 55.1 Å². The van der Waals surface area contributed by atoms with Crippen LogP contribution in [-0.2, 0) is 4.79 Å². The zero-order valence-corrected chi connectivity index (χ0v) is 14.2. The fraction of sp³-hybridized carbons (Fsp3) is 0.211. The van der Waals surface area contributed by atoms with E-state index in [9.17, 15) is 4.79 Å². The number of benzene rings is 1. The number of aromatic nitrogens is 3. The monoisotopic (exact) mass is 336 g/mol. The Balaban J connectivity index is 1.66. The molecule has 0 spiro atoms. The van der Waals surface area contributed by atoms with Gasteiger partial charge in [0.05, 0.1) is 0 Å². The molecule has 1 aromatic carbocycles. The van der Waals surface area contributed by atoms with E-state index in [1.54, 1.807) is 18.2 Å². The molecular formula is C19H20N4O2. The largest absolute Gasteiger partial charge is 0.439 e. The van der Waals surface area contributed by atoms with Crippen LogP contribution in [0.5, 0.6) is 11.6 Å². The average molecular weight is 336 g/mol. The number of carbonyl (C=O) groups is 1. The number of nitrogens with one attached hydrogen (secondary N) is 1. The lowest BCUT2D eigenvalue weighted by atomic mass is 10.1. The first-order valence-electron chi connectivity index (χ1n) is 8.13. The Morgan fingerprint density at radius 2 is 1.88 bits per heavy atom. The Hall–Kier alpha value is -3.15. The zero-order chi connectivity index (χ0) is 17.6. The van der Waals surface area contributed by atoms with Crippen molar-refractivity contribution in [2.45, 2.75) is 20.3 Å². The van der Waals surface area contributed by atoms with E-state index in [4.69, 9.17) is 4.74 Å². The number of nitrogens with zero attached hydrogens (tertiary/aromatic N) is 3. The maximum Gasteiger partial charge on any atom is 0.224 e. The topological polar surface area (TPSA) is 69.0 Å². The second-order valence-corrected chi connectivity index (χ2v) is 6.08. The van der Waals surface area contributed by atoms with Gasteiger partial charge in [-0.3, -0.25) is 4.79 Å². The van der Waals surface area contributed by atoms with Gasteiger partial charge in [-0.05, 0) is 42.3 Å².